The minimum Gasteiger partial charge on any atom is -0.468 e. The predicted molar refractivity (Wildman–Crippen MR) is 37.1 cm³/mol. The van der Waals surface area contributed by atoms with Gasteiger partial charge in [-0.1, -0.05) is 0 Å². The first kappa shape index (κ1) is 6.08. The Labute approximate surface area is 54.6 Å². The van der Waals surface area contributed by atoms with Crippen LogP contribution in [0.15, 0.2) is 29.3 Å². The number of hydrogen-bond donors (Lipinski definition) is 0. The van der Waals surface area contributed by atoms with Gasteiger partial charge >= 0.3 is 0 Å². The largest absolute Gasteiger partial charge is 0.468 e. The zero-order chi connectivity index (χ0) is 6.69. The second-order valence-electron chi connectivity index (χ2n) is 1.93. The average molecular weight is 123 g/mol. The van der Waals surface area contributed by atoms with Crippen molar-refractivity contribution in [2.75, 3.05) is 0 Å². The predicted octanol–water partition coefficient (Wildman–Crippen LogP) is 1.85. The Hall–Kier alpha value is -1.05. The van der Waals surface area contributed by atoms with Crippen molar-refractivity contribution in [3.8, 4) is 0 Å². The van der Waals surface area contributed by atoms with Crippen LogP contribution in [0.25, 0.3) is 0 Å². The molecule has 1 aliphatic heterocycles. The lowest BCUT2D eigenvalue weighted by atomic mass is 10.3. The fourth-order valence-electron chi connectivity index (χ4n) is 0.651. The molecular formula is C7H9NO. The molecule has 0 radical (unpaired) electrons. The maximum Gasteiger partial charge on any atom is 0.109 e. The van der Waals surface area contributed by atoms with Crippen LogP contribution >= 0.6 is 0 Å². The summed E-state index contributed by atoms with van der Waals surface area (Å²) in [4.78, 5) is 4.01. The summed E-state index contributed by atoms with van der Waals surface area (Å²) >= 11 is 0. The third-order valence-corrected chi connectivity index (χ3v) is 1.01. The molecule has 0 aromatic heterocycles. The third-order valence-electron chi connectivity index (χ3n) is 1.01. The van der Waals surface area contributed by atoms with Gasteiger partial charge < -0.3 is 4.74 Å². The second-order valence-corrected chi connectivity index (χ2v) is 1.93. The van der Waals surface area contributed by atoms with E-state index in [1.807, 2.05) is 19.9 Å². The van der Waals surface area contributed by atoms with Crippen LogP contribution in [0.2, 0.25) is 0 Å². The van der Waals surface area contributed by atoms with Crippen LogP contribution in [0.1, 0.15) is 13.8 Å². The number of hydrogen-bond acceptors (Lipinski definition) is 2. The van der Waals surface area contributed by atoms with E-state index in [2.05, 4.69) is 4.99 Å². The van der Waals surface area contributed by atoms with Crippen molar-refractivity contribution in [2.24, 2.45) is 4.99 Å². The van der Waals surface area contributed by atoms with Crippen LogP contribution in [-0.2, 0) is 4.74 Å². The molecule has 0 aliphatic carbocycles. The first-order valence-electron chi connectivity index (χ1n) is 2.83. The molecule has 0 aromatic carbocycles. The zero-order valence-corrected chi connectivity index (χ0v) is 5.59. The van der Waals surface area contributed by atoms with Crippen molar-refractivity contribution in [3.63, 3.8) is 0 Å². The molecular weight excluding hydrogens is 114 g/mol. The number of allylic oxidation sites excluding steroid dienone is 2. The Balaban J connectivity index is 2.82. The second kappa shape index (κ2) is 2.49. The van der Waals surface area contributed by atoms with Gasteiger partial charge in [-0.05, 0) is 19.9 Å². The quantitative estimate of drug-likeness (QED) is 0.481. The lowest BCUT2D eigenvalue weighted by Crippen LogP contribution is -1.83. The highest BCUT2D eigenvalue weighted by atomic mass is 16.5. The SMILES string of the molecule is CC1=CC(C)=NC=CO1. The van der Waals surface area contributed by atoms with E-state index in [1.54, 1.807) is 12.5 Å². The highest BCUT2D eigenvalue weighted by molar-refractivity contribution is 5.93. The molecule has 9 heavy (non-hydrogen) atoms. The summed E-state index contributed by atoms with van der Waals surface area (Å²) in [7, 11) is 0. The first-order chi connectivity index (χ1) is 4.29. The Kier molecular flexibility index (Phi) is 1.68. The van der Waals surface area contributed by atoms with Crippen molar-refractivity contribution in [1.29, 1.82) is 0 Å². The molecule has 1 heterocycles. The minimum atomic E-state index is 0.880. The van der Waals surface area contributed by atoms with Gasteiger partial charge in [0.15, 0.2) is 0 Å². The Morgan fingerprint density at radius 1 is 1.44 bits per heavy atom. The lowest BCUT2D eigenvalue weighted by molar-refractivity contribution is 0.354. The molecule has 0 amide bonds. The molecule has 0 unspecified atom stereocenters. The third kappa shape index (κ3) is 1.72. The molecule has 1 aliphatic rings. The van der Waals surface area contributed by atoms with E-state index < -0.39 is 0 Å². The molecule has 1 rings (SSSR count). The summed E-state index contributed by atoms with van der Waals surface area (Å²) < 4.78 is 5.04. The van der Waals surface area contributed by atoms with Gasteiger partial charge in [0.2, 0.25) is 0 Å². The Bertz CT molecular complexity index is 189. The molecule has 48 valence electrons. The molecule has 0 fully saturated rings. The average Bonchev–Trinajstić information content (AvgIpc) is 1.93. The lowest BCUT2D eigenvalue weighted by Gasteiger charge is -1.93. The van der Waals surface area contributed by atoms with Gasteiger partial charge in [0, 0.05) is 5.71 Å². The Morgan fingerprint density at radius 3 is 3.00 bits per heavy atom. The van der Waals surface area contributed by atoms with Gasteiger partial charge in [0.1, 0.15) is 12.0 Å². The summed E-state index contributed by atoms with van der Waals surface area (Å²) in [5.41, 5.74) is 0.973. The maximum absolute atomic E-state index is 5.04. The number of aliphatic imine (C=N–C) groups is 1. The summed E-state index contributed by atoms with van der Waals surface area (Å²) in [6.07, 6.45) is 5.10. The molecule has 2 heteroatoms. The standard InChI is InChI=1S/C7H9NO/c1-6-5-7(2)9-4-3-8-6/h3-5H,1-2H3. The molecule has 0 bridgehead atoms. The zero-order valence-electron chi connectivity index (χ0n) is 5.59. The van der Waals surface area contributed by atoms with Crippen LogP contribution in [0.3, 0.4) is 0 Å². The molecule has 0 aromatic rings. The number of rotatable bonds is 0. The molecule has 0 N–H and O–H groups in total. The molecule has 2 nitrogen and oxygen atoms in total. The van der Waals surface area contributed by atoms with Crippen LogP contribution in [0.4, 0.5) is 0 Å². The van der Waals surface area contributed by atoms with Gasteiger partial charge in [-0.2, -0.15) is 0 Å². The van der Waals surface area contributed by atoms with Gasteiger partial charge in [-0.25, -0.2) is 0 Å². The van der Waals surface area contributed by atoms with Crippen LogP contribution in [0, 0.1) is 0 Å². The van der Waals surface area contributed by atoms with E-state index in [4.69, 9.17) is 4.74 Å². The van der Waals surface area contributed by atoms with E-state index in [0.29, 0.717) is 0 Å². The fraction of sp³-hybridized carbons (Fsp3) is 0.286. The number of nitrogens with zero attached hydrogens (tertiary/aromatic N) is 1. The highest BCUT2D eigenvalue weighted by Crippen LogP contribution is 2.01. The molecule has 0 spiro atoms. The monoisotopic (exact) mass is 123 g/mol. The van der Waals surface area contributed by atoms with Crippen molar-refractivity contribution in [1.82, 2.24) is 0 Å². The van der Waals surface area contributed by atoms with Crippen molar-refractivity contribution < 1.29 is 4.74 Å². The first-order valence-corrected chi connectivity index (χ1v) is 2.83. The normalized spacial score (nSPS) is 17.6. The molecule has 0 saturated carbocycles. The van der Waals surface area contributed by atoms with Crippen LogP contribution in [-0.4, -0.2) is 5.71 Å². The van der Waals surface area contributed by atoms with Crippen molar-refractivity contribution in [3.05, 3.63) is 24.3 Å². The van der Waals surface area contributed by atoms with Gasteiger partial charge in [-0.15, -0.1) is 0 Å². The van der Waals surface area contributed by atoms with Gasteiger partial charge in [0.05, 0.1) is 6.20 Å². The topological polar surface area (TPSA) is 21.6 Å². The summed E-state index contributed by atoms with van der Waals surface area (Å²) in [6, 6.07) is 0. The van der Waals surface area contributed by atoms with E-state index in [1.165, 1.54) is 0 Å². The number of ether oxygens (including phenoxy) is 1. The van der Waals surface area contributed by atoms with Crippen molar-refractivity contribution >= 4 is 5.71 Å². The summed E-state index contributed by atoms with van der Waals surface area (Å²) in [6.45, 7) is 3.83. The van der Waals surface area contributed by atoms with Crippen LogP contribution in [0.5, 0.6) is 0 Å². The Morgan fingerprint density at radius 2 is 2.22 bits per heavy atom. The minimum absolute atomic E-state index is 0.880. The maximum atomic E-state index is 5.04. The smallest absolute Gasteiger partial charge is 0.109 e. The van der Waals surface area contributed by atoms with Crippen molar-refractivity contribution in [2.45, 2.75) is 13.8 Å². The highest BCUT2D eigenvalue weighted by Gasteiger charge is 1.91. The molecule has 0 saturated heterocycles. The summed E-state index contributed by atoms with van der Waals surface area (Å²) in [5.74, 6) is 0.880. The fourth-order valence-corrected chi connectivity index (χ4v) is 0.651. The van der Waals surface area contributed by atoms with Crippen LogP contribution < -0.4 is 0 Å². The summed E-state index contributed by atoms with van der Waals surface area (Å²) in [5, 5.41) is 0. The van der Waals surface area contributed by atoms with E-state index in [0.717, 1.165) is 11.5 Å². The van der Waals surface area contributed by atoms with Gasteiger partial charge in [0.25, 0.3) is 0 Å². The van der Waals surface area contributed by atoms with E-state index >= 15 is 0 Å². The van der Waals surface area contributed by atoms with Gasteiger partial charge in [-0.3, -0.25) is 4.99 Å². The van der Waals surface area contributed by atoms with E-state index in [-0.39, 0.29) is 0 Å². The molecule has 0 atom stereocenters. The van der Waals surface area contributed by atoms with E-state index in [9.17, 15) is 0 Å².